The summed E-state index contributed by atoms with van der Waals surface area (Å²) >= 11 is 0. The van der Waals surface area contributed by atoms with Gasteiger partial charge < -0.3 is 20.2 Å². The number of piperidine rings is 1. The summed E-state index contributed by atoms with van der Waals surface area (Å²) in [6.45, 7) is 2.11. The van der Waals surface area contributed by atoms with Crippen molar-refractivity contribution in [2.45, 2.75) is 45.1 Å². The molecule has 3 aliphatic rings. The maximum atomic E-state index is 12.7. The number of amides is 3. The topological polar surface area (TPSA) is 90.0 Å². The highest BCUT2D eigenvalue weighted by Crippen LogP contribution is 2.48. The highest BCUT2D eigenvalue weighted by Gasteiger charge is 2.55. The molecule has 7 nitrogen and oxygen atoms in total. The van der Waals surface area contributed by atoms with E-state index in [4.69, 9.17) is 0 Å². The fraction of sp³-hybridized carbons (Fsp3) is 0.571. The number of aliphatic carboxylic acids is 1. The van der Waals surface area contributed by atoms with Crippen LogP contribution in [0.3, 0.4) is 0 Å². The van der Waals surface area contributed by atoms with E-state index >= 15 is 0 Å². The summed E-state index contributed by atoms with van der Waals surface area (Å²) in [5, 5.41) is 12.6. The van der Waals surface area contributed by atoms with Crippen molar-refractivity contribution >= 4 is 23.6 Å². The zero-order valence-corrected chi connectivity index (χ0v) is 16.0. The van der Waals surface area contributed by atoms with Gasteiger partial charge in [0.2, 0.25) is 5.91 Å². The normalized spacial score (nSPS) is 27.0. The SMILES string of the molecule is O=C1CCCCN1Cc1cccc(NC(=O)N2C[C@@H]3CCC[C@@]3(C(=O)O)C2)c1. The fourth-order valence-corrected chi connectivity index (χ4v) is 4.99. The number of carbonyl (C=O) groups excluding carboxylic acids is 2. The summed E-state index contributed by atoms with van der Waals surface area (Å²) in [5.74, 6) is -0.547. The van der Waals surface area contributed by atoms with Crippen LogP contribution in [0.1, 0.15) is 44.1 Å². The molecule has 0 spiro atoms. The number of carboxylic acid groups (broad SMARTS) is 1. The second-order valence-corrected chi connectivity index (χ2v) is 8.33. The van der Waals surface area contributed by atoms with E-state index in [1.165, 1.54) is 0 Å². The maximum Gasteiger partial charge on any atom is 0.321 e. The number of rotatable bonds is 4. The van der Waals surface area contributed by atoms with E-state index in [0.29, 0.717) is 31.6 Å². The molecular weight excluding hydrogens is 358 g/mol. The molecule has 1 saturated carbocycles. The van der Waals surface area contributed by atoms with Gasteiger partial charge in [0.25, 0.3) is 0 Å². The van der Waals surface area contributed by atoms with Crippen LogP contribution < -0.4 is 5.32 Å². The first kappa shape index (κ1) is 18.8. The number of fused-ring (bicyclic) bond motifs is 1. The Labute approximate surface area is 164 Å². The van der Waals surface area contributed by atoms with E-state index in [0.717, 1.165) is 37.8 Å². The minimum Gasteiger partial charge on any atom is -0.481 e. The van der Waals surface area contributed by atoms with Crippen molar-refractivity contribution < 1.29 is 19.5 Å². The first-order valence-electron chi connectivity index (χ1n) is 10.1. The molecular formula is C21H27N3O4. The average Bonchev–Trinajstić information content (AvgIpc) is 3.23. The van der Waals surface area contributed by atoms with Crippen molar-refractivity contribution in [3.63, 3.8) is 0 Å². The standard InChI is InChI=1S/C21H27N3O4/c25-18-8-1-2-10-23(18)12-15-5-3-7-17(11-15)22-20(28)24-13-16-6-4-9-21(16,14-24)19(26)27/h3,5,7,11,16H,1-2,4,6,8-10,12-14H2,(H,22,28)(H,26,27)/t16-,21+/m0/s1. The van der Waals surface area contributed by atoms with E-state index in [2.05, 4.69) is 5.32 Å². The lowest BCUT2D eigenvalue weighted by Gasteiger charge is -2.27. The van der Waals surface area contributed by atoms with Crippen molar-refractivity contribution in [3.8, 4) is 0 Å². The Morgan fingerprint density at radius 2 is 2.11 bits per heavy atom. The molecule has 2 heterocycles. The smallest absolute Gasteiger partial charge is 0.321 e. The lowest BCUT2D eigenvalue weighted by atomic mass is 9.81. The number of urea groups is 1. The second-order valence-electron chi connectivity index (χ2n) is 8.33. The largest absolute Gasteiger partial charge is 0.481 e. The number of likely N-dealkylation sites (tertiary alicyclic amines) is 2. The molecule has 4 rings (SSSR count). The zero-order chi connectivity index (χ0) is 19.7. The number of nitrogens with zero attached hydrogens (tertiary/aromatic N) is 2. The fourth-order valence-electron chi connectivity index (χ4n) is 4.99. The molecule has 2 atom stereocenters. The van der Waals surface area contributed by atoms with Crippen molar-refractivity contribution in [2.75, 3.05) is 25.0 Å². The summed E-state index contributed by atoms with van der Waals surface area (Å²) in [6, 6.07) is 7.29. The molecule has 28 heavy (non-hydrogen) atoms. The summed E-state index contributed by atoms with van der Waals surface area (Å²) in [4.78, 5) is 40.0. The molecule has 1 aromatic rings. The van der Waals surface area contributed by atoms with Crippen LogP contribution in [-0.2, 0) is 16.1 Å². The lowest BCUT2D eigenvalue weighted by Crippen LogP contribution is -2.38. The third-order valence-electron chi connectivity index (χ3n) is 6.56. The van der Waals surface area contributed by atoms with Crippen LogP contribution in [0.25, 0.3) is 0 Å². The van der Waals surface area contributed by atoms with E-state index in [1.807, 2.05) is 29.2 Å². The first-order valence-corrected chi connectivity index (χ1v) is 10.1. The van der Waals surface area contributed by atoms with Crippen LogP contribution in [0.5, 0.6) is 0 Å². The number of nitrogens with one attached hydrogen (secondary N) is 1. The number of hydrogen-bond acceptors (Lipinski definition) is 3. The van der Waals surface area contributed by atoms with Gasteiger partial charge in [-0.25, -0.2) is 4.79 Å². The molecule has 150 valence electrons. The number of carboxylic acids is 1. The predicted octanol–water partition coefficient (Wildman–Crippen LogP) is 2.92. The lowest BCUT2D eigenvalue weighted by molar-refractivity contribution is -0.149. The van der Waals surface area contributed by atoms with Crippen LogP contribution in [0.15, 0.2) is 24.3 Å². The Morgan fingerprint density at radius 3 is 2.86 bits per heavy atom. The van der Waals surface area contributed by atoms with E-state index in [9.17, 15) is 19.5 Å². The van der Waals surface area contributed by atoms with Gasteiger partial charge in [0, 0.05) is 38.3 Å². The van der Waals surface area contributed by atoms with Gasteiger partial charge in [0.05, 0.1) is 5.41 Å². The van der Waals surface area contributed by atoms with Crippen LogP contribution in [0.2, 0.25) is 0 Å². The summed E-state index contributed by atoms with van der Waals surface area (Å²) in [6.07, 6.45) is 5.04. The molecule has 1 aliphatic carbocycles. The maximum absolute atomic E-state index is 12.7. The van der Waals surface area contributed by atoms with Gasteiger partial charge in [-0.2, -0.15) is 0 Å². The molecule has 1 aromatic carbocycles. The van der Waals surface area contributed by atoms with Gasteiger partial charge in [-0.05, 0) is 49.3 Å². The summed E-state index contributed by atoms with van der Waals surface area (Å²) < 4.78 is 0. The van der Waals surface area contributed by atoms with E-state index < -0.39 is 11.4 Å². The van der Waals surface area contributed by atoms with Crippen molar-refractivity contribution in [1.82, 2.24) is 9.80 Å². The molecule has 0 radical (unpaired) electrons. The van der Waals surface area contributed by atoms with Gasteiger partial charge in [-0.15, -0.1) is 0 Å². The summed E-state index contributed by atoms with van der Waals surface area (Å²) in [5.41, 5.74) is 0.884. The van der Waals surface area contributed by atoms with E-state index in [1.54, 1.807) is 4.90 Å². The Morgan fingerprint density at radius 1 is 1.25 bits per heavy atom. The zero-order valence-electron chi connectivity index (χ0n) is 16.0. The molecule has 2 N–H and O–H groups in total. The number of benzene rings is 1. The molecule has 2 aliphatic heterocycles. The number of hydrogen-bond donors (Lipinski definition) is 2. The molecule has 3 fully saturated rings. The number of carbonyl (C=O) groups is 3. The third kappa shape index (κ3) is 3.45. The molecule has 0 aromatic heterocycles. The van der Waals surface area contributed by atoms with Crippen LogP contribution in [-0.4, -0.2) is 52.4 Å². The van der Waals surface area contributed by atoms with E-state index in [-0.39, 0.29) is 24.4 Å². The highest BCUT2D eigenvalue weighted by molar-refractivity contribution is 5.90. The quantitative estimate of drug-likeness (QED) is 0.834. The van der Waals surface area contributed by atoms with Crippen molar-refractivity contribution in [1.29, 1.82) is 0 Å². The Bertz CT molecular complexity index is 796. The molecule has 2 saturated heterocycles. The highest BCUT2D eigenvalue weighted by atomic mass is 16.4. The first-order chi connectivity index (χ1) is 13.5. The van der Waals surface area contributed by atoms with Gasteiger partial charge in [-0.3, -0.25) is 9.59 Å². The minimum absolute atomic E-state index is 0.0483. The third-order valence-corrected chi connectivity index (χ3v) is 6.56. The Kier molecular flexibility index (Phi) is 5.00. The number of anilines is 1. The van der Waals surface area contributed by atoms with Crippen molar-refractivity contribution in [3.05, 3.63) is 29.8 Å². The molecule has 0 bridgehead atoms. The molecule has 3 amide bonds. The van der Waals surface area contributed by atoms with Gasteiger partial charge in [0.1, 0.15) is 0 Å². The van der Waals surface area contributed by atoms with Gasteiger partial charge >= 0.3 is 12.0 Å². The Balaban J connectivity index is 1.40. The second kappa shape index (κ2) is 7.45. The summed E-state index contributed by atoms with van der Waals surface area (Å²) in [7, 11) is 0. The van der Waals surface area contributed by atoms with Crippen LogP contribution in [0.4, 0.5) is 10.5 Å². The predicted molar refractivity (Wildman–Crippen MR) is 104 cm³/mol. The Hall–Kier alpha value is -2.57. The monoisotopic (exact) mass is 385 g/mol. The molecule has 7 heteroatoms. The molecule has 0 unspecified atom stereocenters. The average molecular weight is 385 g/mol. The van der Waals surface area contributed by atoms with Crippen molar-refractivity contribution in [2.24, 2.45) is 11.3 Å². The van der Waals surface area contributed by atoms with Gasteiger partial charge in [-0.1, -0.05) is 18.6 Å². The minimum atomic E-state index is -0.779. The van der Waals surface area contributed by atoms with Gasteiger partial charge in [0.15, 0.2) is 0 Å². The van der Waals surface area contributed by atoms with Crippen LogP contribution in [0, 0.1) is 11.3 Å². The van der Waals surface area contributed by atoms with Crippen LogP contribution >= 0.6 is 0 Å².